The minimum atomic E-state index is -4.36. The van der Waals surface area contributed by atoms with E-state index in [1.165, 1.54) is 25.5 Å². The molecule has 0 heterocycles. The van der Waals surface area contributed by atoms with Gasteiger partial charge in [0.15, 0.2) is 11.5 Å². The molecule has 0 aliphatic heterocycles. The topological polar surface area (TPSA) is 42.8 Å². The molecule has 0 bridgehead atoms. The standard InChI is InChI=1S/C17H16ClF3N2O2/c1-3-25-16-14(18)8-11(9-15(16)24-2)10-22-23-13-6-4-12(5-7-13)17(19,20)21/h4-10,23H,3H2,1-2H3. The number of methoxy groups -OCH3 is 1. The van der Waals surface area contributed by atoms with E-state index in [4.69, 9.17) is 21.1 Å². The molecule has 0 amide bonds. The van der Waals surface area contributed by atoms with E-state index < -0.39 is 11.7 Å². The molecule has 4 nitrogen and oxygen atoms in total. The average Bonchev–Trinajstić information content (AvgIpc) is 2.56. The Morgan fingerprint density at radius 2 is 1.88 bits per heavy atom. The number of hydrazone groups is 1. The molecule has 8 heteroatoms. The lowest BCUT2D eigenvalue weighted by molar-refractivity contribution is -0.137. The van der Waals surface area contributed by atoms with Gasteiger partial charge in [0.1, 0.15) is 0 Å². The monoisotopic (exact) mass is 372 g/mol. The second-order valence-electron chi connectivity index (χ2n) is 4.91. The minimum absolute atomic E-state index is 0.372. The SMILES string of the molecule is CCOc1c(Cl)cc(C=NNc2ccc(C(F)(F)F)cc2)cc1OC. The first-order chi connectivity index (χ1) is 11.8. The summed E-state index contributed by atoms with van der Waals surface area (Å²) in [4.78, 5) is 0. The van der Waals surface area contributed by atoms with Gasteiger partial charge in [-0.2, -0.15) is 18.3 Å². The lowest BCUT2D eigenvalue weighted by Crippen LogP contribution is -2.04. The first-order valence-corrected chi connectivity index (χ1v) is 7.69. The summed E-state index contributed by atoms with van der Waals surface area (Å²) < 4.78 is 48.2. The first-order valence-electron chi connectivity index (χ1n) is 7.31. The molecular weight excluding hydrogens is 357 g/mol. The Balaban J connectivity index is 2.10. The van der Waals surface area contributed by atoms with Gasteiger partial charge in [0.05, 0.1) is 36.2 Å². The third kappa shape index (κ3) is 5.03. The molecule has 0 aliphatic carbocycles. The molecule has 2 aromatic rings. The molecular formula is C17H16ClF3N2O2. The number of rotatable bonds is 6. The number of benzene rings is 2. The highest BCUT2D eigenvalue weighted by Gasteiger charge is 2.29. The molecule has 2 rings (SSSR count). The van der Waals surface area contributed by atoms with Crippen LogP contribution in [-0.2, 0) is 6.18 Å². The number of alkyl halides is 3. The van der Waals surface area contributed by atoms with Crippen molar-refractivity contribution in [1.82, 2.24) is 0 Å². The quantitative estimate of drug-likeness (QED) is 0.559. The highest BCUT2D eigenvalue weighted by molar-refractivity contribution is 6.32. The van der Waals surface area contributed by atoms with Crippen molar-refractivity contribution in [3.05, 3.63) is 52.5 Å². The van der Waals surface area contributed by atoms with Gasteiger partial charge in [-0.1, -0.05) is 11.6 Å². The molecule has 0 unspecified atom stereocenters. The van der Waals surface area contributed by atoms with Crippen molar-refractivity contribution in [2.45, 2.75) is 13.1 Å². The molecule has 1 N–H and O–H groups in total. The lowest BCUT2D eigenvalue weighted by atomic mass is 10.2. The van der Waals surface area contributed by atoms with Gasteiger partial charge in [-0.05, 0) is 48.9 Å². The maximum absolute atomic E-state index is 12.5. The van der Waals surface area contributed by atoms with Crippen molar-refractivity contribution >= 4 is 23.5 Å². The van der Waals surface area contributed by atoms with Crippen LogP contribution in [0.15, 0.2) is 41.5 Å². The summed E-state index contributed by atoms with van der Waals surface area (Å²) in [7, 11) is 1.50. The van der Waals surface area contributed by atoms with E-state index >= 15 is 0 Å². The van der Waals surface area contributed by atoms with Crippen molar-refractivity contribution in [3.8, 4) is 11.5 Å². The highest BCUT2D eigenvalue weighted by Crippen LogP contribution is 2.36. The fourth-order valence-electron chi connectivity index (χ4n) is 2.01. The first kappa shape index (κ1) is 18.9. The van der Waals surface area contributed by atoms with E-state index in [0.717, 1.165) is 12.1 Å². The van der Waals surface area contributed by atoms with Gasteiger partial charge >= 0.3 is 6.18 Å². The summed E-state index contributed by atoms with van der Waals surface area (Å²) in [6.45, 7) is 2.28. The number of halogens is 4. The molecule has 0 aromatic heterocycles. The van der Waals surface area contributed by atoms with E-state index in [2.05, 4.69) is 10.5 Å². The van der Waals surface area contributed by atoms with E-state index in [1.807, 2.05) is 6.92 Å². The molecule has 0 aliphatic rings. The number of anilines is 1. The summed E-state index contributed by atoms with van der Waals surface area (Å²) >= 11 is 6.15. The summed E-state index contributed by atoms with van der Waals surface area (Å²) in [6.07, 6.45) is -2.89. The smallest absolute Gasteiger partial charge is 0.416 e. The number of hydrogen-bond donors (Lipinski definition) is 1. The summed E-state index contributed by atoms with van der Waals surface area (Å²) in [5.41, 5.74) is 3.01. The zero-order valence-corrected chi connectivity index (χ0v) is 14.3. The van der Waals surface area contributed by atoms with Crippen LogP contribution < -0.4 is 14.9 Å². The van der Waals surface area contributed by atoms with Crippen molar-refractivity contribution in [3.63, 3.8) is 0 Å². The molecule has 0 saturated heterocycles. The predicted octanol–water partition coefficient (Wildman–Crippen LogP) is 5.21. The van der Waals surface area contributed by atoms with E-state index in [0.29, 0.717) is 34.4 Å². The van der Waals surface area contributed by atoms with Crippen LogP contribution in [0.1, 0.15) is 18.1 Å². The van der Waals surface area contributed by atoms with Gasteiger partial charge in [-0.15, -0.1) is 0 Å². The van der Waals surface area contributed by atoms with E-state index in [-0.39, 0.29) is 0 Å². The van der Waals surface area contributed by atoms with Gasteiger partial charge in [-0.25, -0.2) is 0 Å². The van der Waals surface area contributed by atoms with Gasteiger partial charge < -0.3 is 9.47 Å². The van der Waals surface area contributed by atoms with Crippen molar-refractivity contribution in [1.29, 1.82) is 0 Å². The Kier molecular flexibility index (Phi) is 6.14. The summed E-state index contributed by atoms with van der Waals surface area (Å²) in [5.74, 6) is 0.907. The summed E-state index contributed by atoms with van der Waals surface area (Å²) in [5, 5.41) is 4.36. The molecule has 0 atom stereocenters. The van der Waals surface area contributed by atoms with Crippen molar-refractivity contribution < 1.29 is 22.6 Å². The molecule has 25 heavy (non-hydrogen) atoms. The zero-order chi connectivity index (χ0) is 18.4. The largest absolute Gasteiger partial charge is 0.493 e. The molecule has 2 aromatic carbocycles. The number of nitrogens with zero attached hydrogens (tertiary/aromatic N) is 1. The van der Waals surface area contributed by atoms with Gasteiger partial charge in [-0.3, -0.25) is 5.43 Å². The second-order valence-corrected chi connectivity index (χ2v) is 5.32. The van der Waals surface area contributed by atoms with Crippen LogP contribution >= 0.6 is 11.6 Å². The number of ether oxygens (including phenoxy) is 2. The van der Waals surface area contributed by atoms with Crippen LogP contribution in [0.3, 0.4) is 0 Å². The normalized spacial score (nSPS) is 11.6. The Hall–Kier alpha value is -2.41. The van der Waals surface area contributed by atoms with E-state index in [1.54, 1.807) is 12.1 Å². The Morgan fingerprint density at radius 1 is 1.20 bits per heavy atom. The predicted molar refractivity (Wildman–Crippen MR) is 91.8 cm³/mol. The van der Waals surface area contributed by atoms with Gasteiger partial charge in [0, 0.05) is 0 Å². The molecule has 0 fully saturated rings. The maximum Gasteiger partial charge on any atom is 0.416 e. The van der Waals surface area contributed by atoms with E-state index in [9.17, 15) is 13.2 Å². The van der Waals surface area contributed by atoms with Crippen LogP contribution in [0.5, 0.6) is 11.5 Å². The van der Waals surface area contributed by atoms with Crippen LogP contribution in [0, 0.1) is 0 Å². The molecule has 134 valence electrons. The Bertz CT molecular complexity index is 747. The van der Waals surface area contributed by atoms with Crippen molar-refractivity contribution in [2.75, 3.05) is 19.1 Å². The molecule has 0 radical (unpaired) electrons. The average molecular weight is 373 g/mol. The lowest BCUT2D eigenvalue weighted by Gasteiger charge is -2.11. The maximum atomic E-state index is 12.5. The third-order valence-corrected chi connectivity index (χ3v) is 3.44. The number of nitrogens with one attached hydrogen (secondary N) is 1. The van der Waals surface area contributed by atoms with Crippen LogP contribution in [0.4, 0.5) is 18.9 Å². The highest BCUT2D eigenvalue weighted by atomic mass is 35.5. The number of hydrogen-bond acceptors (Lipinski definition) is 4. The second kappa shape index (κ2) is 8.11. The third-order valence-electron chi connectivity index (χ3n) is 3.16. The summed E-state index contributed by atoms with van der Waals surface area (Å²) in [6, 6.07) is 7.89. The Morgan fingerprint density at radius 3 is 2.44 bits per heavy atom. The van der Waals surface area contributed by atoms with Crippen LogP contribution in [0.2, 0.25) is 5.02 Å². The van der Waals surface area contributed by atoms with Gasteiger partial charge in [0.2, 0.25) is 0 Å². The van der Waals surface area contributed by atoms with Gasteiger partial charge in [0.25, 0.3) is 0 Å². The Labute approximate surface area is 148 Å². The van der Waals surface area contributed by atoms with Crippen LogP contribution in [0.25, 0.3) is 0 Å². The zero-order valence-electron chi connectivity index (χ0n) is 13.5. The molecule has 0 saturated carbocycles. The van der Waals surface area contributed by atoms with Crippen molar-refractivity contribution in [2.24, 2.45) is 5.10 Å². The minimum Gasteiger partial charge on any atom is -0.493 e. The molecule has 0 spiro atoms. The van der Waals surface area contributed by atoms with Crippen LogP contribution in [-0.4, -0.2) is 19.9 Å². The fraction of sp³-hybridized carbons (Fsp3) is 0.235. The fourth-order valence-corrected chi connectivity index (χ4v) is 2.29.